The van der Waals surface area contributed by atoms with Crippen molar-refractivity contribution in [1.82, 2.24) is 14.9 Å². The monoisotopic (exact) mass is 583 g/mol. The Morgan fingerprint density at radius 1 is 1.14 bits per heavy atom. The summed E-state index contributed by atoms with van der Waals surface area (Å²) in [4.78, 5) is 58.1. The van der Waals surface area contributed by atoms with Gasteiger partial charge in [0, 0.05) is 31.4 Å². The Hall–Kier alpha value is -3.56. The van der Waals surface area contributed by atoms with Crippen LogP contribution in [0.25, 0.3) is 0 Å². The predicted octanol–water partition coefficient (Wildman–Crippen LogP) is 4.47. The van der Waals surface area contributed by atoms with Crippen LogP contribution >= 0.6 is 0 Å². The molecule has 1 N–H and O–H groups in total. The third-order valence-corrected chi connectivity index (χ3v) is 8.38. The van der Waals surface area contributed by atoms with Crippen molar-refractivity contribution >= 4 is 23.6 Å². The number of ether oxygens (including phenoxy) is 2. The van der Waals surface area contributed by atoms with Gasteiger partial charge >= 0.3 is 11.9 Å². The maximum absolute atomic E-state index is 13.6. The third kappa shape index (κ3) is 9.77. The lowest BCUT2D eigenvalue weighted by molar-refractivity contribution is -0.723. The van der Waals surface area contributed by atoms with Gasteiger partial charge in [-0.1, -0.05) is 6.92 Å². The number of hydrogen-bond donors (Lipinski definition) is 1. The van der Waals surface area contributed by atoms with Gasteiger partial charge in [0.05, 0.1) is 5.41 Å². The Bertz CT molecular complexity index is 1160. The highest BCUT2D eigenvalue weighted by Crippen LogP contribution is 2.38. The smallest absolute Gasteiger partial charge is 0.313 e. The molecule has 2 aromatic rings. The molecule has 2 aromatic heterocycles. The molecule has 0 radical (unpaired) electrons. The van der Waals surface area contributed by atoms with Gasteiger partial charge in [0.25, 0.3) is 0 Å². The zero-order valence-corrected chi connectivity index (χ0v) is 25.5. The van der Waals surface area contributed by atoms with Crippen molar-refractivity contribution in [3.05, 3.63) is 48.8 Å². The summed E-state index contributed by atoms with van der Waals surface area (Å²) in [5.41, 5.74) is 0.339. The number of aromatic amines is 1. The molecule has 0 bridgehead atoms. The van der Waals surface area contributed by atoms with Crippen LogP contribution in [0.4, 0.5) is 0 Å². The Morgan fingerprint density at radius 3 is 2.50 bits per heavy atom. The first-order valence-corrected chi connectivity index (χ1v) is 15.2. The normalized spacial score (nSPS) is 16.9. The molecule has 1 aliphatic rings. The fourth-order valence-corrected chi connectivity index (χ4v) is 6.00. The highest BCUT2D eigenvalue weighted by Gasteiger charge is 2.39. The molecule has 42 heavy (non-hydrogen) atoms. The van der Waals surface area contributed by atoms with Crippen molar-refractivity contribution in [2.75, 3.05) is 19.8 Å². The Morgan fingerprint density at radius 2 is 1.88 bits per heavy atom. The van der Waals surface area contributed by atoms with Gasteiger partial charge in [-0.2, -0.15) is 0 Å². The zero-order valence-electron chi connectivity index (χ0n) is 25.5. The predicted molar refractivity (Wildman–Crippen MR) is 156 cm³/mol. The molecule has 0 saturated carbocycles. The minimum Gasteiger partial charge on any atom is -0.462 e. The highest BCUT2D eigenvalue weighted by molar-refractivity contribution is 5.94. The van der Waals surface area contributed by atoms with Crippen LogP contribution in [0.5, 0.6) is 0 Å². The molecule has 10 nitrogen and oxygen atoms in total. The molecule has 0 aromatic carbocycles. The molecule has 4 atom stereocenters. The minimum absolute atomic E-state index is 0.0883. The molecule has 1 fully saturated rings. The summed E-state index contributed by atoms with van der Waals surface area (Å²) in [6.07, 6.45) is 15.4. The van der Waals surface area contributed by atoms with Crippen LogP contribution in [0.3, 0.4) is 0 Å². The molecule has 1 amide bonds. The number of pyridine rings is 1. The van der Waals surface area contributed by atoms with Crippen LogP contribution in [-0.4, -0.2) is 64.3 Å². The van der Waals surface area contributed by atoms with Crippen molar-refractivity contribution in [2.24, 2.45) is 5.41 Å². The SMILES string of the molecule is CCC(CCC(CCC(C)(CC(C)N1CCCC1=O)C(=O)OCCOC(=O)CC(C)=O)c1ccncc1)[n+]1cc[nH]c1. The molecule has 3 rings (SSSR count). The molecule has 3 heterocycles. The second-order valence-corrected chi connectivity index (χ2v) is 11.8. The van der Waals surface area contributed by atoms with Crippen LogP contribution in [0.1, 0.15) is 103 Å². The highest BCUT2D eigenvalue weighted by atomic mass is 16.6. The Kier molecular flexibility index (Phi) is 12.7. The first-order valence-electron chi connectivity index (χ1n) is 15.2. The quantitative estimate of drug-likeness (QED) is 0.119. The van der Waals surface area contributed by atoms with Gasteiger partial charge in [-0.25, -0.2) is 4.57 Å². The number of H-pyrrole nitrogens is 1. The molecule has 1 saturated heterocycles. The lowest BCUT2D eigenvalue weighted by Gasteiger charge is -2.35. The Labute approximate surface area is 249 Å². The average Bonchev–Trinajstić information content (AvgIpc) is 3.65. The van der Waals surface area contributed by atoms with E-state index >= 15 is 0 Å². The summed E-state index contributed by atoms with van der Waals surface area (Å²) >= 11 is 0. The van der Waals surface area contributed by atoms with E-state index in [0.717, 1.165) is 32.1 Å². The second-order valence-electron chi connectivity index (χ2n) is 11.8. The van der Waals surface area contributed by atoms with Crippen LogP contribution < -0.4 is 4.57 Å². The van der Waals surface area contributed by atoms with Gasteiger partial charge in [-0.3, -0.25) is 29.1 Å². The summed E-state index contributed by atoms with van der Waals surface area (Å²) in [5, 5.41) is 0. The summed E-state index contributed by atoms with van der Waals surface area (Å²) in [6, 6.07) is 4.35. The first kappa shape index (κ1) is 32.9. The Balaban J connectivity index is 1.72. The minimum atomic E-state index is -0.851. The number of aromatic nitrogens is 3. The van der Waals surface area contributed by atoms with Gasteiger partial charge in [0.2, 0.25) is 12.2 Å². The molecular formula is C32H47N4O6+. The van der Waals surface area contributed by atoms with Crippen molar-refractivity contribution in [3.63, 3.8) is 0 Å². The number of imidazole rings is 1. The molecule has 10 heteroatoms. The number of carbonyl (C=O) groups excluding carboxylic acids is 4. The summed E-state index contributed by atoms with van der Waals surface area (Å²) in [6.45, 7) is 7.93. The van der Waals surface area contributed by atoms with Crippen LogP contribution in [-0.2, 0) is 28.7 Å². The zero-order chi connectivity index (χ0) is 30.5. The number of carbonyl (C=O) groups is 4. The summed E-state index contributed by atoms with van der Waals surface area (Å²) < 4.78 is 12.9. The topological polar surface area (TPSA) is 123 Å². The number of nitrogens with zero attached hydrogens (tertiary/aromatic N) is 3. The second kappa shape index (κ2) is 16.2. The summed E-state index contributed by atoms with van der Waals surface area (Å²) in [7, 11) is 0. The molecule has 0 spiro atoms. The third-order valence-electron chi connectivity index (χ3n) is 8.38. The lowest BCUT2D eigenvalue weighted by Crippen LogP contribution is -2.41. The average molecular weight is 584 g/mol. The van der Waals surface area contributed by atoms with Crippen molar-refractivity contribution in [1.29, 1.82) is 0 Å². The van der Waals surface area contributed by atoms with Gasteiger partial charge in [-0.15, -0.1) is 0 Å². The first-order chi connectivity index (χ1) is 20.1. The number of amides is 1. The van der Waals surface area contributed by atoms with E-state index in [1.165, 1.54) is 12.5 Å². The number of esters is 2. The van der Waals surface area contributed by atoms with Crippen LogP contribution in [0.15, 0.2) is 43.2 Å². The maximum atomic E-state index is 13.6. The molecular weight excluding hydrogens is 536 g/mol. The van der Waals surface area contributed by atoms with E-state index in [0.29, 0.717) is 31.8 Å². The van der Waals surface area contributed by atoms with E-state index in [9.17, 15) is 19.2 Å². The number of nitrogens with one attached hydrogen (secondary N) is 1. The van der Waals surface area contributed by atoms with Gasteiger partial charge in [0.1, 0.15) is 43.9 Å². The number of ketones is 1. The van der Waals surface area contributed by atoms with Crippen LogP contribution in [0, 0.1) is 5.41 Å². The largest absolute Gasteiger partial charge is 0.462 e. The van der Waals surface area contributed by atoms with Crippen molar-refractivity contribution in [3.8, 4) is 0 Å². The van der Waals surface area contributed by atoms with Gasteiger partial charge in [0.15, 0.2) is 0 Å². The number of hydrogen-bond acceptors (Lipinski definition) is 7. The van der Waals surface area contributed by atoms with E-state index < -0.39 is 11.4 Å². The van der Waals surface area contributed by atoms with Crippen LogP contribution in [0.2, 0.25) is 0 Å². The van der Waals surface area contributed by atoms with E-state index in [-0.39, 0.29) is 49.3 Å². The van der Waals surface area contributed by atoms with Crippen molar-refractivity contribution < 1.29 is 33.2 Å². The van der Waals surface area contributed by atoms with E-state index in [4.69, 9.17) is 9.47 Å². The summed E-state index contributed by atoms with van der Waals surface area (Å²) in [5.74, 6) is -0.948. The number of Topliss-reactive ketones (excluding diaryl/α,β-unsaturated/α-hetero) is 1. The number of likely N-dealkylation sites (tertiary alicyclic amines) is 1. The van der Waals surface area contributed by atoms with Crippen molar-refractivity contribution in [2.45, 2.75) is 103 Å². The molecule has 4 unspecified atom stereocenters. The maximum Gasteiger partial charge on any atom is 0.313 e. The fourth-order valence-electron chi connectivity index (χ4n) is 6.00. The van der Waals surface area contributed by atoms with E-state index in [1.54, 1.807) is 0 Å². The molecule has 230 valence electrons. The number of rotatable bonds is 18. The van der Waals surface area contributed by atoms with E-state index in [2.05, 4.69) is 27.7 Å². The lowest BCUT2D eigenvalue weighted by atomic mass is 9.76. The van der Waals surface area contributed by atoms with Gasteiger partial charge in [-0.05, 0) is 89.3 Å². The fraction of sp³-hybridized carbons (Fsp3) is 0.625. The molecule has 0 aliphatic carbocycles. The van der Waals surface area contributed by atoms with E-state index in [1.807, 2.05) is 55.8 Å². The van der Waals surface area contributed by atoms with Gasteiger partial charge < -0.3 is 14.4 Å². The molecule has 1 aliphatic heterocycles. The standard InChI is InChI=1S/C32H46N4O6/c1-5-28(35-18-16-34-23-35)9-8-26(27-11-14-33-15-12-27)10-13-32(4,22-24(2)36-17-6-7-29(36)38)31(40)42-20-19-41-30(39)21-25(3)37/h11-12,14-16,18,23-24,26,28H,5-10,13,17,19-22H2,1-4H3/p+1.